The summed E-state index contributed by atoms with van der Waals surface area (Å²) in [6.45, 7) is 6.32. The van der Waals surface area contributed by atoms with Gasteiger partial charge >= 0.3 is 0 Å². The number of aryl methyl sites for hydroxylation is 1. The first kappa shape index (κ1) is 20.3. The molecule has 2 rings (SSSR count). The molecule has 0 aliphatic rings. The van der Waals surface area contributed by atoms with Crippen LogP contribution < -0.4 is 15.4 Å². The zero-order valence-corrected chi connectivity index (χ0v) is 16.8. The molecule has 0 aliphatic carbocycles. The van der Waals surface area contributed by atoms with Gasteiger partial charge in [-0.1, -0.05) is 6.07 Å². The van der Waals surface area contributed by atoms with Gasteiger partial charge in [-0.25, -0.2) is 4.99 Å². The number of hydrogen-bond acceptors (Lipinski definition) is 3. The number of ether oxygens (including phenoxy) is 1. The van der Waals surface area contributed by atoms with Crippen LogP contribution >= 0.6 is 24.0 Å². The Kier molecular flexibility index (Phi) is 9.29. The van der Waals surface area contributed by atoms with Gasteiger partial charge in [0, 0.05) is 19.5 Å². The van der Waals surface area contributed by atoms with E-state index in [1.54, 1.807) is 13.4 Å². The Morgan fingerprint density at radius 1 is 1.25 bits per heavy atom. The summed E-state index contributed by atoms with van der Waals surface area (Å²) in [5.74, 6) is 2.64. The Hall–Kier alpha value is -1.70. The zero-order chi connectivity index (χ0) is 16.5. The van der Waals surface area contributed by atoms with Gasteiger partial charge in [-0.05, 0) is 49.2 Å². The second-order valence-corrected chi connectivity index (χ2v) is 5.31. The summed E-state index contributed by atoms with van der Waals surface area (Å²) in [7, 11) is 1.68. The van der Waals surface area contributed by atoms with Gasteiger partial charge in [0.05, 0.1) is 19.9 Å². The molecule has 0 radical (unpaired) electrons. The van der Waals surface area contributed by atoms with Gasteiger partial charge in [0.25, 0.3) is 0 Å². The van der Waals surface area contributed by atoms with Gasteiger partial charge in [0.1, 0.15) is 11.5 Å². The predicted molar refractivity (Wildman–Crippen MR) is 108 cm³/mol. The van der Waals surface area contributed by atoms with E-state index in [9.17, 15) is 0 Å². The molecule has 0 amide bonds. The third-order valence-corrected chi connectivity index (χ3v) is 3.35. The van der Waals surface area contributed by atoms with Crippen molar-refractivity contribution in [3.8, 4) is 5.75 Å². The van der Waals surface area contributed by atoms with Crippen LogP contribution in [0, 0.1) is 6.92 Å². The summed E-state index contributed by atoms with van der Waals surface area (Å²) in [6.07, 6.45) is 2.52. The minimum Gasteiger partial charge on any atom is -0.497 e. The Bertz CT molecular complexity index is 627. The maximum Gasteiger partial charge on any atom is 0.191 e. The van der Waals surface area contributed by atoms with Crippen molar-refractivity contribution in [1.82, 2.24) is 10.6 Å². The molecule has 0 aliphatic heterocycles. The van der Waals surface area contributed by atoms with Crippen LogP contribution in [0.1, 0.15) is 23.8 Å². The molecule has 2 aromatic rings. The molecule has 1 heterocycles. The summed E-state index contributed by atoms with van der Waals surface area (Å²) >= 11 is 0. The first-order chi connectivity index (χ1) is 11.2. The molecule has 1 aromatic heterocycles. The molecule has 0 unspecified atom stereocenters. The van der Waals surface area contributed by atoms with Gasteiger partial charge in [-0.3, -0.25) is 0 Å². The quantitative estimate of drug-likeness (QED) is 0.391. The number of rotatable bonds is 7. The molecular weight excluding hydrogens is 417 g/mol. The van der Waals surface area contributed by atoms with Crippen molar-refractivity contribution in [2.75, 3.05) is 20.2 Å². The van der Waals surface area contributed by atoms with E-state index in [2.05, 4.69) is 35.5 Å². The van der Waals surface area contributed by atoms with Crippen LogP contribution in [0.4, 0.5) is 0 Å². The maximum absolute atomic E-state index is 5.33. The molecule has 0 bridgehead atoms. The fourth-order valence-corrected chi connectivity index (χ4v) is 2.30. The highest BCUT2D eigenvalue weighted by molar-refractivity contribution is 14.0. The van der Waals surface area contributed by atoms with E-state index in [1.165, 1.54) is 5.56 Å². The highest BCUT2D eigenvalue weighted by Gasteiger charge is 2.01. The molecular formula is C18H26IN3O2. The van der Waals surface area contributed by atoms with E-state index < -0.39 is 0 Å². The second-order valence-electron chi connectivity index (χ2n) is 5.31. The van der Waals surface area contributed by atoms with E-state index in [4.69, 9.17) is 9.15 Å². The number of methoxy groups -OCH3 is 1. The molecule has 1 aromatic carbocycles. The highest BCUT2D eigenvalue weighted by Crippen LogP contribution is 2.16. The molecule has 2 N–H and O–H groups in total. The van der Waals surface area contributed by atoms with E-state index in [0.29, 0.717) is 6.54 Å². The van der Waals surface area contributed by atoms with Crippen LogP contribution in [-0.4, -0.2) is 26.2 Å². The van der Waals surface area contributed by atoms with Gasteiger partial charge in [-0.15, -0.1) is 24.0 Å². The first-order valence-corrected chi connectivity index (χ1v) is 7.90. The van der Waals surface area contributed by atoms with E-state index in [-0.39, 0.29) is 24.0 Å². The van der Waals surface area contributed by atoms with Crippen molar-refractivity contribution in [2.45, 2.75) is 26.8 Å². The molecule has 6 heteroatoms. The lowest BCUT2D eigenvalue weighted by Crippen LogP contribution is -2.38. The lowest BCUT2D eigenvalue weighted by Gasteiger charge is -2.11. The van der Waals surface area contributed by atoms with Gasteiger partial charge in [-0.2, -0.15) is 0 Å². The largest absolute Gasteiger partial charge is 0.497 e. The maximum atomic E-state index is 5.33. The standard InChI is InChI=1S/C18H25N3O2.HI/c1-4-19-18(20-8-7-16-6-5-9-23-16)21-13-15-10-14(2)11-17(12-15)22-3;/h5-6,9-12H,4,7-8,13H2,1-3H3,(H2,19,20,21);1H. The topological polar surface area (TPSA) is 58.8 Å². The minimum absolute atomic E-state index is 0. The second kappa shape index (κ2) is 11.0. The number of furan rings is 1. The van der Waals surface area contributed by atoms with E-state index in [0.717, 1.165) is 42.5 Å². The highest BCUT2D eigenvalue weighted by atomic mass is 127. The predicted octanol–water partition coefficient (Wildman–Crippen LogP) is 3.51. The van der Waals surface area contributed by atoms with Crippen LogP contribution in [-0.2, 0) is 13.0 Å². The smallest absolute Gasteiger partial charge is 0.191 e. The number of hydrogen-bond donors (Lipinski definition) is 2. The van der Waals surface area contributed by atoms with Crippen molar-refractivity contribution in [3.05, 3.63) is 53.5 Å². The van der Waals surface area contributed by atoms with Gasteiger partial charge < -0.3 is 19.8 Å². The normalized spacial score (nSPS) is 10.9. The Morgan fingerprint density at radius 3 is 2.75 bits per heavy atom. The first-order valence-electron chi connectivity index (χ1n) is 7.90. The average Bonchev–Trinajstić information content (AvgIpc) is 3.05. The van der Waals surface area contributed by atoms with Gasteiger partial charge in [0.15, 0.2) is 5.96 Å². The van der Waals surface area contributed by atoms with Crippen LogP contribution in [0.15, 0.2) is 46.0 Å². The fourth-order valence-electron chi connectivity index (χ4n) is 2.30. The number of halogens is 1. The zero-order valence-electron chi connectivity index (χ0n) is 14.5. The van der Waals surface area contributed by atoms with Crippen LogP contribution in [0.3, 0.4) is 0 Å². The number of benzene rings is 1. The Morgan fingerprint density at radius 2 is 2.08 bits per heavy atom. The summed E-state index contributed by atoms with van der Waals surface area (Å²) in [5, 5.41) is 6.57. The van der Waals surface area contributed by atoms with E-state index >= 15 is 0 Å². The number of nitrogens with one attached hydrogen (secondary N) is 2. The summed E-state index contributed by atoms with van der Waals surface area (Å²) in [4.78, 5) is 4.63. The lowest BCUT2D eigenvalue weighted by molar-refractivity contribution is 0.414. The number of nitrogens with zero attached hydrogens (tertiary/aromatic N) is 1. The lowest BCUT2D eigenvalue weighted by atomic mass is 10.1. The molecule has 5 nitrogen and oxygen atoms in total. The van der Waals surface area contributed by atoms with Crippen molar-refractivity contribution in [2.24, 2.45) is 4.99 Å². The monoisotopic (exact) mass is 443 g/mol. The SMILES string of the molecule is CCNC(=NCc1cc(C)cc(OC)c1)NCCc1ccco1.I. The molecule has 0 fully saturated rings. The Labute approximate surface area is 160 Å². The minimum atomic E-state index is 0. The Balaban J connectivity index is 0.00000288. The third kappa shape index (κ3) is 6.82. The van der Waals surface area contributed by atoms with Crippen molar-refractivity contribution < 1.29 is 9.15 Å². The molecule has 24 heavy (non-hydrogen) atoms. The van der Waals surface area contributed by atoms with Crippen molar-refractivity contribution in [3.63, 3.8) is 0 Å². The number of aliphatic imine (C=N–C) groups is 1. The fraction of sp³-hybridized carbons (Fsp3) is 0.389. The third-order valence-electron chi connectivity index (χ3n) is 3.35. The van der Waals surface area contributed by atoms with Crippen LogP contribution in [0.25, 0.3) is 0 Å². The molecule has 0 saturated carbocycles. The van der Waals surface area contributed by atoms with Crippen molar-refractivity contribution >= 4 is 29.9 Å². The van der Waals surface area contributed by atoms with E-state index in [1.807, 2.05) is 24.3 Å². The number of guanidine groups is 1. The summed E-state index contributed by atoms with van der Waals surface area (Å²) in [5.41, 5.74) is 2.30. The molecule has 0 saturated heterocycles. The van der Waals surface area contributed by atoms with Crippen molar-refractivity contribution in [1.29, 1.82) is 0 Å². The molecule has 132 valence electrons. The van der Waals surface area contributed by atoms with Gasteiger partial charge in [0.2, 0.25) is 0 Å². The van der Waals surface area contributed by atoms with Crippen LogP contribution in [0.2, 0.25) is 0 Å². The summed E-state index contributed by atoms with van der Waals surface area (Å²) in [6, 6.07) is 10.0. The summed E-state index contributed by atoms with van der Waals surface area (Å²) < 4.78 is 10.6. The van der Waals surface area contributed by atoms with Crippen LogP contribution in [0.5, 0.6) is 5.75 Å². The molecule has 0 spiro atoms. The molecule has 0 atom stereocenters. The average molecular weight is 443 g/mol.